The smallest absolute Gasteiger partial charge is 0.328 e. The molecule has 1 rings (SSSR count). The first-order valence-electron chi connectivity index (χ1n) is 6.40. The standard InChI is InChI=1S/C12H22N2O5/c1-8(15)9(10(16)17)13-11(18)14(2)7-12(19)5-3-4-6-12/h8-9,15,19H,3-7H2,1-2H3,(H,13,18)(H,16,17). The number of aliphatic hydroxyl groups is 2. The van der Waals surface area contributed by atoms with Gasteiger partial charge < -0.3 is 25.5 Å². The number of rotatable bonds is 5. The first-order valence-corrected chi connectivity index (χ1v) is 6.40. The summed E-state index contributed by atoms with van der Waals surface area (Å²) in [4.78, 5) is 23.9. The van der Waals surface area contributed by atoms with Gasteiger partial charge in [0, 0.05) is 7.05 Å². The third-order valence-electron chi connectivity index (χ3n) is 3.44. The summed E-state index contributed by atoms with van der Waals surface area (Å²) < 4.78 is 0. The Morgan fingerprint density at radius 3 is 2.32 bits per heavy atom. The molecule has 19 heavy (non-hydrogen) atoms. The van der Waals surface area contributed by atoms with E-state index >= 15 is 0 Å². The fourth-order valence-corrected chi connectivity index (χ4v) is 2.34. The van der Waals surface area contributed by atoms with Crippen LogP contribution in [0.15, 0.2) is 0 Å². The van der Waals surface area contributed by atoms with E-state index in [0.717, 1.165) is 12.8 Å². The maximum atomic E-state index is 11.8. The quantitative estimate of drug-likeness (QED) is 0.553. The highest BCUT2D eigenvalue weighted by atomic mass is 16.4. The van der Waals surface area contributed by atoms with E-state index in [4.69, 9.17) is 5.11 Å². The number of likely N-dealkylation sites (N-methyl/N-ethyl adjacent to an activating group) is 1. The van der Waals surface area contributed by atoms with Crippen molar-refractivity contribution in [3.63, 3.8) is 0 Å². The number of carbonyl (C=O) groups excluding carboxylic acids is 1. The van der Waals surface area contributed by atoms with Gasteiger partial charge in [-0.05, 0) is 19.8 Å². The largest absolute Gasteiger partial charge is 0.480 e. The summed E-state index contributed by atoms with van der Waals surface area (Å²) in [5.74, 6) is -1.30. The van der Waals surface area contributed by atoms with Crippen molar-refractivity contribution in [1.29, 1.82) is 0 Å². The lowest BCUT2D eigenvalue weighted by molar-refractivity contribution is -0.141. The molecular formula is C12H22N2O5. The van der Waals surface area contributed by atoms with Gasteiger partial charge in [0.1, 0.15) is 0 Å². The summed E-state index contributed by atoms with van der Waals surface area (Å²) in [6.07, 6.45) is 1.95. The lowest BCUT2D eigenvalue weighted by atomic mass is 10.0. The van der Waals surface area contributed by atoms with Crippen LogP contribution >= 0.6 is 0 Å². The van der Waals surface area contributed by atoms with Gasteiger partial charge in [-0.25, -0.2) is 9.59 Å². The molecule has 0 saturated heterocycles. The number of hydrogen-bond donors (Lipinski definition) is 4. The zero-order chi connectivity index (χ0) is 14.6. The molecule has 0 radical (unpaired) electrons. The SMILES string of the molecule is CC(O)C(NC(=O)N(C)CC1(O)CCCC1)C(=O)O. The molecule has 1 aliphatic carbocycles. The van der Waals surface area contributed by atoms with E-state index < -0.39 is 29.7 Å². The van der Waals surface area contributed by atoms with Crippen LogP contribution in [0.1, 0.15) is 32.6 Å². The van der Waals surface area contributed by atoms with Gasteiger partial charge in [-0.3, -0.25) is 0 Å². The number of urea groups is 1. The fraction of sp³-hybridized carbons (Fsp3) is 0.833. The molecule has 2 atom stereocenters. The van der Waals surface area contributed by atoms with Gasteiger partial charge >= 0.3 is 12.0 Å². The van der Waals surface area contributed by atoms with Crippen LogP contribution in [0.4, 0.5) is 4.79 Å². The zero-order valence-corrected chi connectivity index (χ0v) is 11.3. The molecule has 0 aromatic rings. The number of amides is 2. The van der Waals surface area contributed by atoms with Gasteiger partial charge in [0.15, 0.2) is 6.04 Å². The van der Waals surface area contributed by atoms with E-state index in [1.807, 2.05) is 0 Å². The van der Waals surface area contributed by atoms with Gasteiger partial charge in [-0.15, -0.1) is 0 Å². The minimum absolute atomic E-state index is 0.158. The van der Waals surface area contributed by atoms with Crippen molar-refractivity contribution in [2.24, 2.45) is 0 Å². The lowest BCUT2D eigenvalue weighted by Crippen LogP contribution is -2.53. The number of nitrogens with zero attached hydrogens (tertiary/aromatic N) is 1. The van der Waals surface area contributed by atoms with Gasteiger partial charge in [-0.1, -0.05) is 12.8 Å². The first-order chi connectivity index (χ1) is 8.75. The Hall–Kier alpha value is -1.34. The highest BCUT2D eigenvalue weighted by Crippen LogP contribution is 2.29. The monoisotopic (exact) mass is 274 g/mol. The Morgan fingerprint density at radius 2 is 1.89 bits per heavy atom. The molecule has 1 fully saturated rings. The van der Waals surface area contributed by atoms with Crippen molar-refractivity contribution in [3.05, 3.63) is 0 Å². The van der Waals surface area contributed by atoms with Gasteiger partial charge in [0.05, 0.1) is 18.2 Å². The lowest BCUT2D eigenvalue weighted by Gasteiger charge is -2.30. The predicted molar refractivity (Wildman–Crippen MR) is 67.7 cm³/mol. The molecule has 1 saturated carbocycles. The normalized spacial score (nSPS) is 20.6. The Balaban J connectivity index is 2.54. The number of hydrogen-bond acceptors (Lipinski definition) is 4. The van der Waals surface area contributed by atoms with Crippen molar-refractivity contribution in [3.8, 4) is 0 Å². The summed E-state index contributed by atoms with van der Waals surface area (Å²) in [6, 6.07) is -1.97. The summed E-state index contributed by atoms with van der Waals surface area (Å²) >= 11 is 0. The van der Waals surface area contributed by atoms with Crippen LogP contribution < -0.4 is 5.32 Å². The molecule has 0 heterocycles. The number of nitrogens with one attached hydrogen (secondary N) is 1. The van der Waals surface area contributed by atoms with Crippen LogP contribution in [0.25, 0.3) is 0 Å². The van der Waals surface area contributed by atoms with Crippen molar-refractivity contribution >= 4 is 12.0 Å². The third kappa shape index (κ3) is 4.36. The predicted octanol–water partition coefficient (Wildman–Crippen LogP) is -0.233. The van der Waals surface area contributed by atoms with Crippen LogP contribution in [0.2, 0.25) is 0 Å². The maximum absolute atomic E-state index is 11.8. The highest BCUT2D eigenvalue weighted by Gasteiger charge is 2.34. The minimum atomic E-state index is -1.35. The molecule has 0 spiro atoms. The molecule has 0 aromatic heterocycles. The van der Waals surface area contributed by atoms with E-state index in [9.17, 15) is 19.8 Å². The fourth-order valence-electron chi connectivity index (χ4n) is 2.34. The third-order valence-corrected chi connectivity index (χ3v) is 3.44. The maximum Gasteiger partial charge on any atom is 0.328 e. The van der Waals surface area contributed by atoms with Gasteiger partial charge in [0.25, 0.3) is 0 Å². The van der Waals surface area contributed by atoms with Crippen molar-refractivity contribution in [2.75, 3.05) is 13.6 Å². The van der Waals surface area contributed by atoms with E-state index in [-0.39, 0.29) is 6.54 Å². The minimum Gasteiger partial charge on any atom is -0.480 e. The molecule has 2 amide bonds. The Labute approximate surface area is 112 Å². The summed E-state index contributed by atoms with van der Waals surface area (Å²) in [5.41, 5.74) is -0.879. The van der Waals surface area contributed by atoms with E-state index in [0.29, 0.717) is 12.8 Å². The number of aliphatic hydroxyl groups excluding tert-OH is 1. The Kier molecular flexibility index (Phi) is 5.13. The number of carboxylic acids is 1. The molecule has 2 unspecified atom stereocenters. The average Bonchev–Trinajstić information content (AvgIpc) is 2.71. The van der Waals surface area contributed by atoms with Crippen LogP contribution in [-0.2, 0) is 4.79 Å². The van der Waals surface area contributed by atoms with Crippen LogP contribution in [0, 0.1) is 0 Å². The molecule has 0 aromatic carbocycles. The second kappa shape index (κ2) is 6.21. The van der Waals surface area contributed by atoms with E-state index in [2.05, 4.69) is 5.32 Å². The molecule has 1 aliphatic rings. The molecule has 7 nitrogen and oxygen atoms in total. The van der Waals surface area contributed by atoms with Crippen molar-refractivity contribution in [2.45, 2.75) is 50.4 Å². The first kappa shape index (κ1) is 15.7. The number of carboxylic acid groups (broad SMARTS) is 1. The highest BCUT2D eigenvalue weighted by molar-refractivity contribution is 5.82. The van der Waals surface area contributed by atoms with Gasteiger partial charge in [-0.2, -0.15) is 0 Å². The van der Waals surface area contributed by atoms with Gasteiger partial charge in [0.2, 0.25) is 0 Å². The number of carbonyl (C=O) groups is 2. The summed E-state index contributed by atoms with van der Waals surface area (Å²) in [5, 5.41) is 30.6. The molecule has 7 heteroatoms. The van der Waals surface area contributed by atoms with Crippen LogP contribution in [-0.4, -0.2) is 63.6 Å². The van der Waals surface area contributed by atoms with E-state index in [1.54, 1.807) is 0 Å². The summed E-state index contributed by atoms with van der Waals surface area (Å²) in [7, 11) is 1.49. The van der Waals surface area contributed by atoms with E-state index in [1.165, 1.54) is 18.9 Å². The Bertz CT molecular complexity index is 339. The Morgan fingerprint density at radius 1 is 1.37 bits per heavy atom. The van der Waals surface area contributed by atoms with Crippen LogP contribution in [0.5, 0.6) is 0 Å². The molecule has 0 bridgehead atoms. The molecule has 110 valence electrons. The molecule has 0 aliphatic heterocycles. The second-order valence-electron chi connectivity index (χ2n) is 5.29. The number of aliphatic carboxylic acids is 1. The average molecular weight is 274 g/mol. The topological polar surface area (TPSA) is 110 Å². The van der Waals surface area contributed by atoms with Crippen molar-refractivity contribution in [1.82, 2.24) is 10.2 Å². The zero-order valence-electron chi connectivity index (χ0n) is 11.3. The van der Waals surface area contributed by atoms with Crippen molar-refractivity contribution < 1.29 is 24.9 Å². The molecule has 4 N–H and O–H groups in total. The van der Waals surface area contributed by atoms with Crippen LogP contribution in [0.3, 0.4) is 0 Å². The molecular weight excluding hydrogens is 252 g/mol. The second-order valence-corrected chi connectivity index (χ2v) is 5.29. The summed E-state index contributed by atoms with van der Waals surface area (Å²) in [6.45, 7) is 1.45.